The number of aromatic carboxylic acids is 1. The Morgan fingerprint density at radius 3 is 2.76 bits per heavy atom. The van der Waals surface area contributed by atoms with E-state index >= 15 is 0 Å². The quantitative estimate of drug-likeness (QED) is 0.894. The molecule has 1 aromatic rings. The van der Waals surface area contributed by atoms with Crippen molar-refractivity contribution in [1.82, 2.24) is 4.90 Å². The number of hydrogen-bond donors (Lipinski definition) is 2. The number of likely N-dealkylation sites (tertiary alicyclic amines) is 1. The second kappa shape index (κ2) is 7.11. The highest BCUT2D eigenvalue weighted by Gasteiger charge is 2.24. The summed E-state index contributed by atoms with van der Waals surface area (Å²) in [6, 6.07) is 6.54. The molecule has 0 spiro atoms. The summed E-state index contributed by atoms with van der Waals surface area (Å²) in [4.78, 5) is 25.5. The van der Waals surface area contributed by atoms with Crippen LogP contribution in [-0.4, -0.2) is 34.6 Å². The summed E-state index contributed by atoms with van der Waals surface area (Å²) in [7, 11) is 0. The minimum absolute atomic E-state index is 0.119. The van der Waals surface area contributed by atoms with E-state index < -0.39 is 5.97 Å². The van der Waals surface area contributed by atoms with Crippen molar-refractivity contribution in [3.05, 3.63) is 29.8 Å². The number of nitrogens with one attached hydrogen (secondary N) is 1. The molecular formula is C16H22N2O3. The van der Waals surface area contributed by atoms with Crippen molar-refractivity contribution in [2.45, 2.75) is 45.1 Å². The first-order valence-electron chi connectivity index (χ1n) is 7.53. The SMILES string of the molecule is CCC1CCCCCN1C(=O)Nc1ccccc1C(=O)O. The fraction of sp³-hybridized carbons (Fsp3) is 0.500. The maximum Gasteiger partial charge on any atom is 0.337 e. The number of benzene rings is 1. The summed E-state index contributed by atoms with van der Waals surface area (Å²) in [5, 5.41) is 11.9. The van der Waals surface area contributed by atoms with Crippen molar-refractivity contribution in [3.63, 3.8) is 0 Å². The van der Waals surface area contributed by atoms with Gasteiger partial charge in [-0.1, -0.05) is 31.9 Å². The Kier molecular flexibility index (Phi) is 5.20. The molecule has 1 aliphatic rings. The minimum Gasteiger partial charge on any atom is -0.478 e. The molecule has 1 unspecified atom stereocenters. The predicted octanol–water partition coefficient (Wildman–Crippen LogP) is 3.57. The van der Waals surface area contributed by atoms with Crippen molar-refractivity contribution in [1.29, 1.82) is 0 Å². The zero-order chi connectivity index (χ0) is 15.2. The number of anilines is 1. The third-order valence-electron chi connectivity index (χ3n) is 4.01. The molecule has 0 bridgehead atoms. The lowest BCUT2D eigenvalue weighted by Gasteiger charge is -2.29. The fourth-order valence-corrected chi connectivity index (χ4v) is 2.83. The van der Waals surface area contributed by atoms with Crippen molar-refractivity contribution in [2.24, 2.45) is 0 Å². The molecule has 0 radical (unpaired) electrons. The van der Waals surface area contributed by atoms with Gasteiger partial charge in [-0.15, -0.1) is 0 Å². The van der Waals surface area contributed by atoms with Gasteiger partial charge >= 0.3 is 12.0 Å². The van der Waals surface area contributed by atoms with Crippen LogP contribution in [-0.2, 0) is 0 Å². The molecule has 0 aliphatic carbocycles. The first-order chi connectivity index (χ1) is 10.1. The van der Waals surface area contributed by atoms with E-state index in [0.29, 0.717) is 5.69 Å². The van der Waals surface area contributed by atoms with Gasteiger partial charge in [0.15, 0.2) is 0 Å². The number of hydrogen-bond acceptors (Lipinski definition) is 2. The topological polar surface area (TPSA) is 69.6 Å². The number of rotatable bonds is 3. The van der Waals surface area contributed by atoms with Gasteiger partial charge in [0.1, 0.15) is 0 Å². The molecule has 1 atom stereocenters. The summed E-state index contributed by atoms with van der Waals surface area (Å²) in [5.41, 5.74) is 0.475. The maximum absolute atomic E-state index is 12.5. The number of carbonyl (C=O) groups is 2. The van der Waals surface area contributed by atoms with Gasteiger partial charge in [-0.2, -0.15) is 0 Å². The monoisotopic (exact) mass is 290 g/mol. The number of nitrogens with zero attached hydrogens (tertiary/aromatic N) is 1. The van der Waals surface area contributed by atoms with E-state index in [9.17, 15) is 9.59 Å². The van der Waals surface area contributed by atoms with E-state index in [1.807, 2.05) is 4.90 Å². The number of amides is 2. The third kappa shape index (κ3) is 3.74. The lowest BCUT2D eigenvalue weighted by Crippen LogP contribution is -2.42. The third-order valence-corrected chi connectivity index (χ3v) is 4.01. The van der Waals surface area contributed by atoms with Gasteiger partial charge in [0.05, 0.1) is 11.3 Å². The lowest BCUT2D eigenvalue weighted by atomic mass is 10.1. The van der Waals surface area contributed by atoms with Crippen molar-refractivity contribution in [3.8, 4) is 0 Å². The zero-order valence-corrected chi connectivity index (χ0v) is 12.3. The fourth-order valence-electron chi connectivity index (χ4n) is 2.83. The smallest absolute Gasteiger partial charge is 0.337 e. The number of para-hydroxylation sites is 1. The summed E-state index contributed by atoms with van der Waals surface area (Å²) >= 11 is 0. The molecule has 1 heterocycles. The van der Waals surface area contributed by atoms with Gasteiger partial charge in [0.25, 0.3) is 0 Å². The molecule has 5 heteroatoms. The zero-order valence-electron chi connectivity index (χ0n) is 12.3. The highest BCUT2D eigenvalue weighted by Crippen LogP contribution is 2.21. The standard InChI is InChI=1S/C16H22N2O3/c1-2-12-8-4-3-7-11-18(12)16(21)17-14-10-6-5-9-13(14)15(19)20/h5-6,9-10,12H,2-4,7-8,11H2,1H3,(H,17,21)(H,19,20). The van der Waals surface area contributed by atoms with Crippen LogP contribution in [0.4, 0.5) is 10.5 Å². The second-order valence-corrected chi connectivity index (χ2v) is 5.39. The molecule has 5 nitrogen and oxygen atoms in total. The largest absolute Gasteiger partial charge is 0.478 e. The molecule has 1 aromatic carbocycles. The Morgan fingerprint density at radius 2 is 2.05 bits per heavy atom. The molecule has 1 aliphatic heterocycles. The van der Waals surface area contributed by atoms with Crippen LogP contribution in [0, 0.1) is 0 Å². The average Bonchev–Trinajstić information content (AvgIpc) is 2.72. The van der Waals surface area contributed by atoms with Crippen LogP contribution in [0.5, 0.6) is 0 Å². The Labute approximate surface area is 125 Å². The van der Waals surface area contributed by atoms with Crippen LogP contribution < -0.4 is 5.32 Å². The molecule has 0 saturated carbocycles. The van der Waals surface area contributed by atoms with Gasteiger partial charge in [-0.05, 0) is 31.4 Å². The summed E-state index contributed by atoms with van der Waals surface area (Å²) in [6.07, 6.45) is 5.24. The lowest BCUT2D eigenvalue weighted by molar-refractivity contribution is 0.0698. The van der Waals surface area contributed by atoms with E-state index in [4.69, 9.17) is 5.11 Å². The molecule has 114 valence electrons. The average molecular weight is 290 g/mol. The highest BCUT2D eigenvalue weighted by atomic mass is 16.4. The Bertz CT molecular complexity index is 516. The van der Waals surface area contributed by atoms with Crippen LogP contribution >= 0.6 is 0 Å². The van der Waals surface area contributed by atoms with E-state index in [1.54, 1.807) is 18.2 Å². The van der Waals surface area contributed by atoms with Gasteiger partial charge in [-0.25, -0.2) is 9.59 Å². The van der Waals surface area contributed by atoms with Crippen LogP contribution in [0.15, 0.2) is 24.3 Å². The van der Waals surface area contributed by atoms with Gasteiger partial charge < -0.3 is 15.3 Å². The van der Waals surface area contributed by atoms with E-state index in [1.165, 1.54) is 6.07 Å². The molecule has 1 saturated heterocycles. The van der Waals surface area contributed by atoms with Crippen LogP contribution in [0.3, 0.4) is 0 Å². The van der Waals surface area contributed by atoms with Gasteiger partial charge in [0, 0.05) is 12.6 Å². The van der Waals surface area contributed by atoms with E-state index in [2.05, 4.69) is 12.2 Å². The summed E-state index contributed by atoms with van der Waals surface area (Å²) < 4.78 is 0. The van der Waals surface area contributed by atoms with Crippen LogP contribution in [0.2, 0.25) is 0 Å². The summed E-state index contributed by atoms with van der Waals surface area (Å²) in [6.45, 7) is 2.82. The van der Waals surface area contributed by atoms with Gasteiger partial charge in [-0.3, -0.25) is 0 Å². The van der Waals surface area contributed by atoms with Crippen LogP contribution in [0.25, 0.3) is 0 Å². The van der Waals surface area contributed by atoms with E-state index in [0.717, 1.165) is 38.6 Å². The van der Waals surface area contributed by atoms with E-state index in [-0.39, 0.29) is 17.6 Å². The molecule has 21 heavy (non-hydrogen) atoms. The Hall–Kier alpha value is -2.04. The van der Waals surface area contributed by atoms with Crippen LogP contribution in [0.1, 0.15) is 49.4 Å². The molecule has 2 amide bonds. The van der Waals surface area contributed by atoms with Crippen molar-refractivity contribution < 1.29 is 14.7 Å². The Morgan fingerprint density at radius 1 is 1.29 bits per heavy atom. The molecule has 1 fully saturated rings. The van der Waals surface area contributed by atoms with Gasteiger partial charge in [0.2, 0.25) is 0 Å². The molecular weight excluding hydrogens is 268 g/mol. The molecule has 2 N–H and O–H groups in total. The van der Waals surface area contributed by atoms with Crippen molar-refractivity contribution >= 4 is 17.7 Å². The molecule has 0 aromatic heterocycles. The number of urea groups is 1. The maximum atomic E-state index is 12.5. The summed E-state index contributed by atoms with van der Waals surface area (Å²) in [5.74, 6) is -1.03. The normalized spacial score (nSPS) is 18.9. The number of carbonyl (C=O) groups excluding carboxylic acids is 1. The molecule has 2 rings (SSSR count). The predicted molar refractivity (Wildman–Crippen MR) is 81.7 cm³/mol. The number of carboxylic acids is 1. The number of carboxylic acid groups (broad SMARTS) is 1. The second-order valence-electron chi connectivity index (χ2n) is 5.39. The highest BCUT2D eigenvalue weighted by molar-refractivity contribution is 6.00. The first-order valence-corrected chi connectivity index (χ1v) is 7.53. The minimum atomic E-state index is -1.03. The first kappa shape index (κ1) is 15.4. The Balaban J connectivity index is 2.14. The van der Waals surface area contributed by atoms with Crippen molar-refractivity contribution in [2.75, 3.05) is 11.9 Å².